The Kier molecular flexibility index (Phi) is 4.18. The van der Waals surface area contributed by atoms with Crippen LogP contribution in [-0.2, 0) is 13.6 Å². The number of aromatic nitrogens is 2. The number of benzene rings is 1. The first-order valence-electron chi connectivity index (χ1n) is 6.28. The zero-order valence-electron chi connectivity index (χ0n) is 11.2. The predicted octanol–water partition coefficient (Wildman–Crippen LogP) is 1.78. The summed E-state index contributed by atoms with van der Waals surface area (Å²) in [6, 6.07) is 7.44. The number of carbonyl (C=O) groups excluding carboxylic acids is 1. The van der Waals surface area contributed by atoms with Crippen molar-refractivity contribution in [3.63, 3.8) is 0 Å². The molecule has 0 aliphatic carbocycles. The first-order valence-corrected chi connectivity index (χ1v) is 6.28. The summed E-state index contributed by atoms with van der Waals surface area (Å²) < 4.78 is 1.71. The highest BCUT2D eigenvalue weighted by molar-refractivity contribution is 5.94. The van der Waals surface area contributed by atoms with Gasteiger partial charge in [-0.1, -0.05) is 0 Å². The first-order chi connectivity index (χ1) is 9.19. The van der Waals surface area contributed by atoms with Gasteiger partial charge in [0.25, 0.3) is 5.91 Å². The Labute approximate surface area is 112 Å². The maximum absolute atomic E-state index is 11.9. The van der Waals surface area contributed by atoms with E-state index in [2.05, 4.69) is 15.7 Å². The Bertz CT molecular complexity index is 545. The minimum absolute atomic E-state index is 0.0769. The highest BCUT2D eigenvalue weighted by Gasteiger charge is 2.05. The van der Waals surface area contributed by atoms with Crippen LogP contribution in [0.2, 0.25) is 0 Å². The van der Waals surface area contributed by atoms with Crippen molar-refractivity contribution in [3.05, 3.63) is 47.8 Å². The van der Waals surface area contributed by atoms with E-state index in [1.54, 1.807) is 10.9 Å². The Hall–Kier alpha value is -2.30. The van der Waals surface area contributed by atoms with Crippen LogP contribution >= 0.6 is 0 Å². The van der Waals surface area contributed by atoms with Gasteiger partial charge in [-0.3, -0.25) is 9.48 Å². The number of aryl methyl sites for hydroxylation is 1. The summed E-state index contributed by atoms with van der Waals surface area (Å²) in [6.45, 7) is 3.39. The number of hydrogen-bond acceptors (Lipinski definition) is 3. The quantitative estimate of drug-likeness (QED) is 0.859. The molecule has 1 aromatic heterocycles. The lowest BCUT2D eigenvalue weighted by molar-refractivity contribution is 0.0951. The van der Waals surface area contributed by atoms with Crippen molar-refractivity contribution in [1.82, 2.24) is 15.1 Å². The number of carbonyl (C=O) groups is 1. The fraction of sp³-hybridized carbons (Fsp3) is 0.286. The van der Waals surface area contributed by atoms with Gasteiger partial charge in [0, 0.05) is 43.1 Å². The lowest BCUT2D eigenvalue weighted by atomic mass is 10.2. The number of anilines is 1. The molecule has 2 rings (SSSR count). The van der Waals surface area contributed by atoms with E-state index in [-0.39, 0.29) is 5.91 Å². The third kappa shape index (κ3) is 3.58. The molecule has 0 saturated carbocycles. The van der Waals surface area contributed by atoms with Crippen molar-refractivity contribution in [2.45, 2.75) is 13.5 Å². The van der Waals surface area contributed by atoms with E-state index in [0.29, 0.717) is 12.1 Å². The minimum Gasteiger partial charge on any atom is -0.385 e. The average molecular weight is 258 g/mol. The molecule has 1 aromatic carbocycles. The standard InChI is InChI=1S/C14H18N4O/c1-3-15-13-6-4-12(5-7-13)14(19)16-8-11-9-17-18(2)10-11/h4-7,9-10,15H,3,8H2,1-2H3,(H,16,19). The number of rotatable bonds is 5. The molecule has 0 unspecified atom stereocenters. The maximum Gasteiger partial charge on any atom is 0.251 e. The van der Waals surface area contributed by atoms with Gasteiger partial charge in [-0.2, -0.15) is 5.10 Å². The summed E-state index contributed by atoms with van der Waals surface area (Å²) in [5.41, 5.74) is 2.66. The first kappa shape index (κ1) is 13.1. The molecule has 2 N–H and O–H groups in total. The highest BCUT2D eigenvalue weighted by atomic mass is 16.1. The molecule has 1 amide bonds. The van der Waals surface area contributed by atoms with Gasteiger partial charge in [-0.25, -0.2) is 0 Å². The van der Waals surface area contributed by atoms with Gasteiger partial charge >= 0.3 is 0 Å². The second-order valence-corrected chi connectivity index (χ2v) is 4.31. The van der Waals surface area contributed by atoms with E-state index >= 15 is 0 Å². The molecule has 19 heavy (non-hydrogen) atoms. The number of amides is 1. The van der Waals surface area contributed by atoms with E-state index in [9.17, 15) is 4.79 Å². The van der Waals surface area contributed by atoms with Crippen molar-refractivity contribution in [3.8, 4) is 0 Å². The van der Waals surface area contributed by atoms with Gasteiger partial charge in [0.05, 0.1) is 6.20 Å². The summed E-state index contributed by atoms with van der Waals surface area (Å²) in [5.74, 6) is -0.0769. The van der Waals surface area contributed by atoms with E-state index in [1.807, 2.05) is 44.4 Å². The van der Waals surface area contributed by atoms with Crippen LogP contribution in [0.5, 0.6) is 0 Å². The number of nitrogens with one attached hydrogen (secondary N) is 2. The largest absolute Gasteiger partial charge is 0.385 e. The van der Waals surface area contributed by atoms with Crippen LogP contribution in [0.4, 0.5) is 5.69 Å². The molecule has 0 atom stereocenters. The molecule has 0 aliphatic rings. The number of hydrogen-bond donors (Lipinski definition) is 2. The van der Waals surface area contributed by atoms with Crippen LogP contribution in [0.25, 0.3) is 0 Å². The van der Waals surface area contributed by atoms with Crippen molar-refractivity contribution >= 4 is 11.6 Å². The summed E-state index contributed by atoms with van der Waals surface area (Å²) in [6.07, 6.45) is 3.63. The maximum atomic E-state index is 11.9. The summed E-state index contributed by atoms with van der Waals surface area (Å²) in [5, 5.41) is 10.1. The predicted molar refractivity (Wildman–Crippen MR) is 75.0 cm³/mol. The van der Waals surface area contributed by atoms with Crippen LogP contribution in [-0.4, -0.2) is 22.2 Å². The summed E-state index contributed by atoms with van der Waals surface area (Å²) >= 11 is 0. The van der Waals surface area contributed by atoms with Crippen molar-refractivity contribution in [2.75, 3.05) is 11.9 Å². The Morgan fingerprint density at radius 2 is 2.05 bits per heavy atom. The molecular formula is C14H18N4O. The Balaban J connectivity index is 1.92. The van der Waals surface area contributed by atoms with E-state index < -0.39 is 0 Å². The lowest BCUT2D eigenvalue weighted by Crippen LogP contribution is -2.22. The lowest BCUT2D eigenvalue weighted by Gasteiger charge is -2.06. The van der Waals surface area contributed by atoms with Gasteiger partial charge < -0.3 is 10.6 Å². The van der Waals surface area contributed by atoms with Crippen LogP contribution < -0.4 is 10.6 Å². The highest BCUT2D eigenvalue weighted by Crippen LogP contribution is 2.09. The van der Waals surface area contributed by atoms with Gasteiger partial charge in [-0.15, -0.1) is 0 Å². The third-order valence-corrected chi connectivity index (χ3v) is 2.74. The van der Waals surface area contributed by atoms with Crippen molar-refractivity contribution < 1.29 is 4.79 Å². The monoisotopic (exact) mass is 258 g/mol. The zero-order valence-corrected chi connectivity index (χ0v) is 11.2. The smallest absolute Gasteiger partial charge is 0.251 e. The second kappa shape index (κ2) is 6.04. The molecule has 0 aliphatic heterocycles. The molecule has 0 bridgehead atoms. The topological polar surface area (TPSA) is 59.0 Å². The summed E-state index contributed by atoms with van der Waals surface area (Å²) in [4.78, 5) is 11.9. The van der Waals surface area contributed by atoms with Gasteiger partial charge in [0.1, 0.15) is 0 Å². The summed E-state index contributed by atoms with van der Waals surface area (Å²) in [7, 11) is 1.85. The van der Waals surface area contributed by atoms with Crippen LogP contribution in [0.1, 0.15) is 22.8 Å². The zero-order chi connectivity index (χ0) is 13.7. The minimum atomic E-state index is -0.0769. The van der Waals surface area contributed by atoms with Crippen LogP contribution in [0, 0.1) is 0 Å². The van der Waals surface area contributed by atoms with Gasteiger partial charge in [-0.05, 0) is 31.2 Å². The van der Waals surface area contributed by atoms with Gasteiger partial charge in [0.2, 0.25) is 0 Å². The molecule has 0 radical (unpaired) electrons. The Morgan fingerprint density at radius 1 is 1.32 bits per heavy atom. The van der Waals surface area contributed by atoms with E-state index in [0.717, 1.165) is 17.8 Å². The van der Waals surface area contributed by atoms with Crippen LogP contribution in [0.3, 0.4) is 0 Å². The molecular weight excluding hydrogens is 240 g/mol. The fourth-order valence-electron chi connectivity index (χ4n) is 1.79. The van der Waals surface area contributed by atoms with Gasteiger partial charge in [0.15, 0.2) is 0 Å². The normalized spacial score (nSPS) is 10.2. The molecule has 0 saturated heterocycles. The van der Waals surface area contributed by atoms with E-state index in [1.165, 1.54) is 0 Å². The van der Waals surface area contributed by atoms with E-state index in [4.69, 9.17) is 0 Å². The molecule has 2 aromatic rings. The SMILES string of the molecule is CCNc1ccc(C(=O)NCc2cnn(C)c2)cc1. The number of nitrogens with zero attached hydrogens (tertiary/aromatic N) is 2. The molecule has 5 nitrogen and oxygen atoms in total. The molecule has 100 valence electrons. The Morgan fingerprint density at radius 3 is 2.63 bits per heavy atom. The van der Waals surface area contributed by atoms with Crippen molar-refractivity contribution in [1.29, 1.82) is 0 Å². The molecule has 1 heterocycles. The third-order valence-electron chi connectivity index (χ3n) is 2.74. The fourth-order valence-corrected chi connectivity index (χ4v) is 1.79. The molecule has 0 spiro atoms. The van der Waals surface area contributed by atoms with Crippen LogP contribution in [0.15, 0.2) is 36.7 Å². The average Bonchev–Trinajstić information content (AvgIpc) is 2.83. The molecule has 5 heteroatoms. The van der Waals surface area contributed by atoms with Crippen molar-refractivity contribution in [2.24, 2.45) is 7.05 Å². The second-order valence-electron chi connectivity index (χ2n) is 4.31. The molecule has 0 fully saturated rings.